The predicted molar refractivity (Wildman–Crippen MR) is 178 cm³/mol. The van der Waals surface area contributed by atoms with E-state index in [1.54, 1.807) is 49.7 Å². The summed E-state index contributed by atoms with van der Waals surface area (Å²) in [6.07, 6.45) is 4.81. The Morgan fingerprint density at radius 3 is 2.45 bits per heavy atom. The Morgan fingerprint density at radius 2 is 1.77 bits per heavy atom. The molecule has 0 radical (unpaired) electrons. The molecule has 0 bridgehead atoms. The number of hydrogen-bond donors (Lipinski definition) is 0. The van der Waals surface area contributed by atoms with Gasteiger partial charge in [0.2, 0.25) is 0 Å². The number of thiazole rings is 1. The van der Waals surface area contributed by atoms with Gasteiger partial charge in [-0.25, -0.2) is 19.8 Å². The van der Waals surface area contributed by atoms with Gasteiger partial charge in [0.05, 0.1) is 40.0 Å². The average molecular weight is 666 g/mol. The molecule has 0 spiro atoms. The lowest BCUT2D eigenvalue weighted by atomic mass is 9.93. The first-order valence-electron chi connectivity index (χ1n) is 14.6. The highest BCUT2D eigenvalue weighted by atomic mass is 32.2. The lowest BCUT2D eigenvalue weighted by molar-refractivity contribution is -0.384. The molecule has 0 unspecified atom stereocenters. The van der Waals surface area contributed by atoms with E-state index in [1.165, 1.54) is 28.5 Å². The summed E-state index contributed by atoms with van der Waals surface area (Å²) in [7, 11) is 0. The van der Waals surface area contributed by atoms with Crippen LogP contribution in [0.15, 0.2) is 117 Å². The summed E-state index contributed by atoms with van der Waals surface area (Å²) in [6.45, 7) is 4.22. The van der Waals surface area contributed by atoms with E-state index in [1.807, 2.05) is 49.4 Å². The quantitative estimate of drug-likeness (QED) is 0.0854. The third-order valence-corrected chi connectivity index (χ3v) is 9.08. The van der Waals surface area contributed by atoms with Crippen molar-refractivity contribution >= 4 is 46.5 Å². The zero-order valence-electron chi connectivity index (χ0n) is 25.2. The molecule has 0 amide bonds. The van der Waals surface area contributed by atoms with Gasteiger partial charge in [-0.2, -0.15) is 0 Å². The van der Waals surface area contributed by atoms with Crippen LogP contribution in [0.4, 0.5) is 5.69 Å². The Kier molecular flexibility index (Phi) is 9.36. The maximum atomic E-state index is 14.3. The van der Waals surface area contributed by atoms with Crippen LogP contribution in [0.1, 0.15) is 36.6 Å². The molecule has 6 rings (SSSR count). The van der Waals surface area contributed by atoms with Crippen LogP contribution >= 0.6 is 23.1 Å². The first-order valence-corrected chi connectivity index (χ1v) is 16.3. The van der Waals surface area contributed by atoms with Gasteiger partial charge in [0.1, 0.15) is 5.75 Å². The van der Waals surface area contributed by atoms with Crippen molar-refractivity contribution in [3.05, 3.63) is 143 Å². The third kappa shape index (κ3) is 6.62. The van der Waals surface area contributed by atoms with Gasteiger partial charge in [-0.3, -0.25) is 19.5 Å². The zero-order chi connectivity index (χ0) is 32.9. The number of nitro groups is 1. The molecule has 0 saturated carbocycles. The lowest BCUT2D eigenvalue weighted by Gasteiger charge is -2.26. The lowest BCUT2D eigenvalue weighted by Crippen LogP contribution is -2.40. The Hall–Kier alpha value is -5.40. The number of non-ortho nitro benzene ring substituents is 1. The van der Waals surface area contributed by atoms with Crippen LogP contribution in [0.25, 0.3) is 11.8 Å². The zero-order valence-corrected chi connectivity index (χ0v) is 26.9. The standard InChI is InChI=1S/C34H27N5O6S2/c1-3-44-25-14-11-22(12-15-25)30-28(32(41)45-4-2)29(21-9-6-5-7-10-21)37-34-38(30)31(40)27(47-34)20-23-19-24(39(42)43)13-16-26(23)46-33-35-17-8-18-36-33/h5-20,30H,3-4H2,1-2H3/b27-20-/t30-/m0/s1. The number of fused-ring (bicyclic) bond motifs is 1. The maximum Gasteiger partial charge on any atom is 0.338 e. The summed E-state index contributed by atoms with van der Waals surface area (Å²) in [5.74, 6) is 0.0511. The minimum Gasteiger partial charge on any atom is -0.494 e. The monoisotopic (exact) mass is 665 g/mol. The Bertz CT molecular complexity index is 2160. The van der Waals surface area contributed by atoms with Crippen LogP contribution in [0.5, 0.6) is 5.75 Å². The van der Waals surface area contributed by atoms with Crippen LogP contribution in [-0.2, 0) is 9.53 Å². The molecule has 1 aliphatic rings. The molecule has 1 atom stereocenters. The van der Waals surface area contributed by atoms with Gasteiger partial charge >= 0.3 is 5.97 Å². The van der Waals surface area contributed by atoms with Crippen molar-refractivity contribution in [3.63, 3.8) is 0 Å². The molecule has 11 nitrogen and oxygen atoms in total. The molecule has 236 valence electrons. The number of rotatable bonds is 10. The summed E-state index contributed by atoms with van der Waals surface area (Å²) in [5, 5.41) is 12.2. The molecular formula is C34H27N5O6S2. The number of benzene rings is 3. The smallest absolute Gasteiger partial charge is 0.338 e. The van der Waals surface area contributed by atoms with E-state index < -0.39 is 22.5 Å². The van der Waals surface area contributed by atoms with Gasteiger partial charge in [0.25, 0.3) is 11.2 Å². The SMILES string of the molecule is CCOC(=O)C1=C(c2ccccc2)N=c2s/c(=C\c3cc([N+](=O)[O-])ccc3Sc3ncccn3)c(=O)n2[C@H]1c1ccc(OCC)cc1. The summed E-state index contributed by atoms with van der Waals surface area (Å²) in [6, 6.07) is 21.7. The number of aromatic nitrogens is 3. The van der Waals surface area contributed by atoms with Crippen molar-refractivity contribution in [1.82, 2.24) is 14.5 Å². The third-order valence-electron chi connectivity index (χ3n) is 7.11. The fourth-order valence-corrected chi connectivity index (χ4v) is 6.89. The van der Waals surface area contributed by atoms with Gasteiger partial charge in [0.15, 0.2) is 9.96 Å². The maximum absolute atomic E-state index is 14.3. The molecule has 2 aromatic heterocycles. The molecule has 0 fully saturated rings. The Labute approximate surface area is 276 Å². The largest absolute Gasteiger partial charge is 0.494 e. The van der Waals surface area contributed by atoms with E-state index in [4.69, 9.17) is 14.5 Å². The summed E-state index contributed by atoms with van der Waals surface area (Å²) < 4.78 is 12.9. The van der Waals surface area contributed by atoms with Gasteiger partial charge in [-0.05, 0) is 67.1 Å². The van der Waals surface area contributed by atoms with Gasteiger partial charge in [0, 0.05) is 35.0 Å². The van der Waals surface area contributed by atoms with Gasteiger partial charge in [-0.15, -0.1) is 0 Å². The van der Waals surface area contributed by atoms with Crippen molar-refractivity contribution < 1.29 is 19.2 Å². The van der Waals surface area contributed by atoms with Crippen molar-refractivity contribution in [3.8, 4) is 5.75 Å². The van der Waals surface area contributed by atoms with Gasteiger partial charge < -0.3 is 9.47 Å². The van der Waals surface area contributed by atoms with E-state index in [-0.39, 0.29) is 22.4 Å². The fourth-order valence-electron chi connectivity index (χ4n) is 5.10. The number of carbonyl (C=O) groups excluding carboxylic acids is 1. The number of carbonyl (C=O) groups is 1. The Morgan fingerprint density at radius 1 is 1.02 bits per heavy atom. The van der Waals surface area contributed by atoms with E-state index in [2.05, 4.69) is 9.97 Å². The predicted octanol–water partition coefficient (Wildman–Crippen LogP) is 5.18. The molecule has 0 aliphatic carbocycles. The second-order valence-corrected chi connectivity index (χ2v) is 12.1. The molecule has 1 aliphatic heterocycles. The molecule has 47 heavy (non-hydrogen) atoms. The molecule has 3 aromatic carbocycles. The minimum atomic E-state index is -0.880. The van der Waals surface area contributed by atoms with E-state index in [9.17, 15) is 19.7 Å². The van der Waals surface area contributed by atoms with Crippen molar-refractivity contribution in [2.24, 2.45) is 4.99 Å². The highest BCUT2D eigenvalue weighted by Crippen LogP contribution is 2.36. The molecule has 3 heterocycles. The fraction of sp³-hybridized carbons (Fsp3) is 0.147. The number of nitro benzene ring substituents is 1. The highest BCUT2D eigenvalue weighted by molar-refractivity contribution is 7.99. The van der Waals surface area contributed by atoms with Crippen LogP contribution in [0.3, 0.4) is 0 Å². The second-order valence-electron chi connectivity index (χ2n) is 10.0. The van der Waals surface area contributed by atoms with Crippen LogP contribution < -0.4 is 19.6 Å². The summed E-state index contributed by atoms with van der Waals surface area (Å²) in [5.41, 5.74) is 1.83. The second kappa shape index (κ2) is 13.9. The number of ether oxygens (including phenoxy) is 2. The van der Waals surface area contributed by atoms with Crippen molar-refractivity contribution in [2.75, 3.05) is 13.2 Å². The van der Waals surface area contributed by atoms with Crippen LogP contribution in [0.2, 0.25) is 0 Å². The molecule has 13 heteroatoms. The summed E-state index contributed by atoms with van der Waals surface area (Å²) in [4.78, 5) is 53.6. The number of nitrogens with zero attached hydrogens (tertiary/aromatic N) is 5. The minimum absolute atomic E-state index is 0.128. The van der Waals surface area contributed by atoms with Crippen LogP contribution in [-0.4, -0.2) is 38.6 Å². The van der Waals surface area contributed by atoms with E-state index in [0.29, 0.717) is 49.6 Å². The van der Waals surface area contributed by atoms with Crippen molar-refractivity contribution in [2.45, 2.75) is 29.9 Å². The number of esters is 1. The van der Waals surface area contributed by atoms with E-state index >= 15 is 0 Å². The normalized spacial score (nSPS) is 14.3. The highest BCUT2D eigenvalue weighted by Gasteiger charge is 2.35. The molecule has 0 saturated heterocycles. The topological polar surface area (TPSA) is 139 Å². The molecular weight excluding hydrogens is 639 g/mol. The first-order chi connectivity index (χ1) is 22.9. The molecule has 0 N–H and O–H groups in total. The average Bonchev–Trinajstić information content (AvgIpc) is 3.40. The van der Waals surface area contributed by atoms with Crippen LogP contribution in [0, 0.1) is 10.1 Å². The van der Waals surface area contributed by atoms with Crippen molar-refractivity contribution in [1.29, 1.82) is 0 Å². The Balaban J connectivity index is 1.60. The molecule has 5 aromatic rings. The first kappa shape index (κ1) is 31.6. The number of hydrogen-bond acceptors (Lipinski definition) is 11. The van der Waals surface area contributed by atoms with E-state index in [0.717, 1.165) is 11.3 Å². The van der Waals surface area contributed by atoms with Gasteiger partial charge in [-0.1, -0.05) is 53.8 Å². The summed E-state index contributed by atoms with van der Waals surface area (Å²) >= 11 is 2.35.